The summed E-state index contributed by atoms with van der Waals surface area (Å²) >= 11 is 0. The van der Waals surface area contributed by atoms with Crippen LogP contribution in [-0.4, -0.2) is 53.5 Å². The molecule has 1 rings (SSSR count). The maximum Gasteiger partial charge on any atom is 0.191 e. The zero-order chi connectivity index (χ0) is 17.8. The summed E-state index contributed by atoms with van der Waals surface area (Å²) in [5, 5.41) is 7.20. The number of nitrogens with zero attached hydrogens (tertiary/aromatic N) is 1. The molecule has 1 aliphatic rings. The van der Waals surface area contributed by atoms with Gasteiger partial charge in [-0.2, -0.15) is 0 Å². The second-order valence-corrected chi connectivity index (χ2v) is 8.89. The van der Waals surface area contributed by atoms with Gasteiger partial charge in [-0.15, -0.1) is 0 Å². The fourth-order valence-electron chi connectivity index (χ4n) is 2.94. The smallest absolute Gasteiger partial charge is 0.191 e. The average Bonchev–Trinajstić information content (AvgIpc) is 2.57. The van der Waals surface area contributed by atoms with E-state index in [1.54, 1.807) is 0 Å². The van der Waals surface area contributed by atoms with Gasteiger partial charge in [-0.25, -0.2) is 0 Å². The van der Waals surface area contributed by atoms with Crippen LogP contribution in [0.1, 0.15) is 59.8 Å². The Bertz CT molecular complexity index is 388. The van der Waals surface area contributed by atoms with Crippen molar-refractivity contribution in [3.8, 4) is 0 Å². The van der Waals surface area contributed by atoms with Crippen LogP contribution in [0.2, 0.25) is 0 Å². The number of nitrogens with one attached hydrogen (secondary N) is 2. The van der Waals surface area contributed by atoms with Crippen LogP contribution in [0.4, 0.5) is 0 Å². The summed E-state index contributed by atoms with van der Waals surface area (Å²) in [6.07, 6.45) is 5.31. The van der Waals surface area contributed by atoms with E-state index in [0.717, 1.165) is 70.1 Å². The molecule has 0 saturated heterocycles. The van der Waals surface area contributed by atoms with Crippen molar-refractivity contribution in [1.29, 1.82) is 0 Å². The third-order valence-corrected chi connectivity index (χ3v) is 5.88. The van der Waals surface area contributed by atoms with Gasteiger partial charge in [-0.3, -0.25) is 9.20 Å². The van der Waals surface area contributed by atoms with E-state index >= 15 is 0 Å². The molecule has 0 aromatic heterocycles. The van der Waals surface area contributed by atoms with Gasteiger partial charge in [0.25, 0.3) is 0 Å². The molecule has 6 heteroatoms. The zero-order valence-corrected chi connectivity index (χ0v) is 16.8. The van der Waals surface area contributed by atoms with Gasteiger partial charge in [0.15, 0.2) is 5.96 Å². The van der Waals surface area contributed by atoms with E-state index in [-0.39, 0.29) is 0 Å². The van der Waals surface area contributed by atoms with E-state index in [0.29, 0.717) is 17.2 Å². The molecule has 0 aliphatic heterocycles. The van der Waals surface area contributed by atoms with Crippen LogP contribution in [0.15, 0.2) is 4.99 Å². The lowest BCUT2D eigenvalue weighted by Gasteiger charge is -2.30. The highest BCUT2D eigenvalue weighted by Gasteiger charge is 2.25. The van der Waals surface area contributed by atoms with E-state index in [1.807, 2.05) is 6.92 Å². The molecule has 5 nitrogen and oxygen atoms in total. The summed E-state index contributed by atoms with van der Waals surface area (Å²) in [5.41, 5.74) is 0. The Kier molecular flexibility index (Phi) is 11.3. The molecule has 3 unspecified atom stereocenters. The van der Waals surface area contributed by atoms with Crippen LogP contribution >= 0.6 is 0 Å². The van der Waals surface area contributed by atoms with Crippen molar-refractivity contribution in [3.63, 3.8) is 0 Å². The first-order valence-electron chi connectivity index (χ1n) is 9.56. The molecular weight excluding hydrogens is 322 g/mol. The normalized spacial score (nSPS) is 23.3. The lowest BCUT2D eigenvalue weighted by molar-refractivity contribution is 0.109. The monoisotopic (exact) mass is 359 g/mol. The van der Waals surface area contributed by atoms with Crippen molar-refractivity contribution in [2.45, 2.75) is 71.1 Å². The summed E-state index contributed by atoms with van der Waals surface area (Å²) in [5.74, 6) is 2.23. The number of hydrogen-bond acceptors (Lipinski definition) is 3. The van der Waals surface area contributed by atoms with Crippen molar-refractivity contribution in [2.75, 3.05) is 32.1 Å². The standard InChI is InChI=1S/C18H37N3O2S/c1-5-19-18(20-11-8-12-23-14-15(3)4)21-16-9-7-10-17(13-16)24(22)6-2/h15-17H,5-14H2,1-4H3,(H2,19,20,21). The Morgan fingerprint density at radius 2 is 2.12 bits per heavy atom. The highest BCUT2D eigenvalue weighted by Crippen LogP contribution is 2.22. The van der Waals surface area contributed by atoms with Gasteiger partial charge in [0.1, 0.15) is 0 Å². The molecule has 1 aliphatic carbocycles. The van der Waals surface area contributed by atoms with E-state index in [2.05, 4.69) is 36.4 Å². The fraction of sp³-hybridized carbons (Fsp3) is 0.944. The second-order valence-electron chi connectivity index (χ2n) is 6.88. The lowest BCUT2D eigenvalue weighted by atomic mass is 9.95. The van der Waals surface area contributed by atoms with Crippen molar-refractivity contribution in [3.05, 3.63) is 0 Å². The molecule has 142 valence electrons. The Morgan fingerprint density at radius 1 is 1.33 bits per heavy atom. The number of hydrogen-bond donors (Lipinski definition) is 2. The number of aliphatic imine (C=N–C) groups is 1. The molecule has 0 heterocycles. The van der Waals surface area contributed by atoms with Gasteiger partial charge in [0.05, 0.1) is 0 Å². The van der Waals surface area contributed by atoms with E-state index in [1.165, 1.54) is 0 Å². The van der Waals surface area contributed by atoms with Crippen LogP contribution in [0.5, 0.6) is 0 Å². The largest absolute Gasteiger partial charge is 0.381 e. The molecule has 0 spiro atoms. The highest BCUT2D eigenvalue weighted by molar-refractivity contribution is 7.85. The summed E-state index contributed by atoms with van der Waals surface area (Å²) in [7, 11) is -0.683. The second kappa shape index (κ2) is 12.7. The Balaban J connectivity index is 2.38. The maximum atomic E-state index is 12.1. The zero-order valence-electron chi connectivity index (χ0n) is 16.0. The molecule has 1 saturated carbocycles. The lowest BCUT2D eigenvalue weighted by Crippen LogP contribution is -2.46. The average molecular weight is 360 g/mol. The summed E-state index contributed by atoms with van der Waals surface area (Å²) in [4.78, 5) is 4.65. The van der Waals surface area contributed by atoms with Crippen LogP contribution < -0.4 is 10.6 Å². The Hall–Kier alpha value is -0.620. The molecule has 0 aromatic rings. The molecule has 0 aromatic carbocycles. The molecule has 0 radical (unpaired) electrons. The first-order valence-corrected chi connectivity index (χ1v) is 10.9. The molecule has 2 N–H and O–H groups in total. The van der Waals surface area contributed by atoms with Crippen LogP contribution in [0.3, 0.4) is 0 Å². The minimum Gasteiger partial charge on any atom is -0.381 e. The number of rotatable bonds is 10. The molecule has 0 amide bonds. The van der Waals surface area contributed by atoms with Crippen LogP contribution in [0, 0.1) is 5.92 Å². The molecule has 3 atom stereocenters. The summed E-state index contributed by atoms with van der Waals surface area (Å²) in [6.45, 7) is 11.6. The van der Waals surface area contributed by atoms with Gasteiger partial charge in [0.2, 0.25) is 0 Å². The summed E-state index contributed by atoms with van der Waals surface area (Å²) < 4.78 is 17.7. The first kappa shape index (κ1) is 21.4. The van der Waals surface area contributed by atoms with Gasteiger partial charge >= 0.3 is 0 Å². The van der Waals surface area contributed by atoms with E-state index in [9.17, 15) is 4.21 Å². The van der Waals surface area contributed by atoms with Crippen molar-refractivity contribution in [2.24, 2.45) is 10.9 Å². The third-order valence-electron chi connectivity index (χ3n) is 4.14. The van der Waals surface area contributed by atoms with Crippen LogP contribution in [0.25, 0.3) is 0 Å². The number of ether oxygens (including phenoxy) is 1. The quantitative estimate of drug-likeness (QED) is 0.358. The fourth-order valence-corrected chi connectivity index (χ4v) is 4.29. The van der Waals surface area contributed by atoms with Crippen molar-refractivity contribution in [1.82, 2.24) is 10.6 Å². The van der Waals surface area contributed by atoms with Gasteiger partial charge in [-0.1, -0.05) is 27.2 Å². The van der Waals surface area contributed by atoms with Gasteiger partial charge in [0, 0.05) is 54.1 Å². The minimum atomic E-state index is -0.683. The SMILES string of the molecule is CCNC(=NCCCOCC(C)C)NC1CCCC(S(=O)CC)C1. The van der Waals surface area contributed by atoms with E-state index in [4.69, 9.17) is 4.74 Å². The Morgan fingerprint density at radius 3 is 2.79 bits per heavy atom. The third kappa shape index (κ3) is 9.02. The topological polar surface area (TPSA) is 62.7 Å². The van der Waals surface area contributed by atoms with E-state index < -0.39 is 10.8 Å². The predicted molar refractivity (Wildman–Crippen MR) is 104 cm³/mol. The molecule has 1 fully saturated rings. The van der Waals surface area contributed by atoms with Crippen LogP contribution in [-0.2, 0) is 15.5 Å². The maximum absolute atomic E-state index is 12.1. The highest BCUT2D eigenvalue weighted by atomic mass is 32.2. The molecule has 0 bridgehead atoms. The molecular formula is C18H37N3O2S. The molecule has 24 heavy (non-hydrogen) atoms. The van der Waals surface area contributed by atoms with Crippen molar-refractivity contribution >= 4 is 16.8 Å². The van der Waals surface area contributed by atoms with Gasteiger partial charge < -0.3 is 15.4 Å². The number of guanidine groups is 1. The van der Waals surface area contributed by atoms with Crippen molar-refractivity contribution < 1.29 is 8.95 Å². The minimum absolute atomic E-state index is 0.341. The van der Waals surface area contributed by atoms with Gasteiger partial charge in [-0.05, 0) is 38.5 Å². The first-order chi connectivity index (χ1) is 11.6. The summed E-state index contributed by atoms with van der Waals surface area (Å²) in [6, 6.07) is 0.384. The Labute approximate surface area is 150 Å². The predicted octanol–water partition coefficient (Wildman–Crippen LogP) is 2.68.